The van der Waals surface area contributed by atoms with E-state index < -0.39 is 0 Å². The van der Waals surface area contributed by atoms with E-state index in [-0.39, 0.29) is 0 Å². The number of hydrogen-bond acceptors (Lipinski definition) is 4. The second kappa shape index (κ2) is 5.34. The summed E-state index contributed by atoms with van der Waals surface area (Å²) in [5, 5.41) is 7.46. The molecule has 0 aliphatic heterocycles. The molecule has 0 amide bonds. The summed E-state index contributed by atoms with van der Waals surface area (Å²) in [4.78, 5) is 4.32. The number of anilines is 1. The number of hydrogen-bond donors (Lipinski definition) is 1. The lowest BCUT2D eigenvalue weighted by Crippen LogP contribution is -2.01. The zero-order valence-corrected chi connectivity index (χ0v) is 10.1. The van der Waals surface area contributed by atoms with Gasteiger partial charge in [-0.05, 0) is 13.0 Å². The summed E-state index contributed by atoms with van der Waals surface area (Å²) in [5.74, 6) is 0.633. The SMILES string of the molecule is CCn1cc(NCc2cccc(OC)n2)cn1. The molecule has 5 nitrogen and oxygen atoms in total. The van der Waals surface area contributed by atoms with Crippen molar-refractivity contribution in [3.8, 4) is 5.88 Å². The molecule has 2 aromatic rings. The standard InChI is InChI=1S/C12H16N4O/c1-3-16-9-11(8-14-16)13-7-10-5-4-6-12(15-10)17-2/h4-6,8-9,13H,3,7H2,1-2H3. The molecule has 0 saturated heterocycles. The lowest BCUT2D eigenvalue weighted by molar-refractivity contribution is 0.396. The fraction of sp³-hybridized carbons (Fsp3) is 0.333. The fourth-order valence-corrected chi connectivity index (χ4v) is 1.49. The second-order valence-corrected chi connectivity index (χ2v) is 3.61. The Morgan fingerprint density at radius 1 is 1.41 bits per heavy atom. The first-order valence-corrected chi connectivity index (χ1v) is 5.58. The fourth-order valence-electron chi connectivity index (χ4n) is 1.49. The van der Waals surface area contributed by atoms with E-state index in [2.05, 4.69) is 22.3 Å². The molecular weight excluding hydrogens is 216 g/mol. The van der Waals surface area contributed by atoms with Crippen LogP contribution in [0.4, 0.5) is 5.69 Å². The maximum absolute atomic E-state index is 5.07. The molecule has 0 bridgehead atoms. The number of pyridine rings is 1. The largest absolute Gasteiger partial charge is 0.481 e. The van der Waals surface area contributed by atoms with Crippen LogP contribution in [0.5, 0.6) is 5.88 Å². The molecule has 5 heteroatoms. The summed E-state index contributed by atoms with van der Waals surface area (Å²) < 4.78 is 6.95. The van der Waals surface area contributed by atoms with Crippen molar-refractivity contribution < 1.29 is 4.74 Å². The zero-order chi connectivity index (χ0) is 12.1. The van der Waals surface area contributed by atoms with Gasteiger partial charge in [0.05, 0.1) is 31.2 Å². The highest BCUT2D eigenvalue weighted by Gasteiger charge is 1.99. The third-order valence-corrected chi connectivity index (χ3v) is 2.42. The monoisotopic (exact) mass is 232 g/mol. The van der Waals surface area contributed by atoms with Gasteiger partial charge in [-0.15, -0.1) is 0 Å². The summed E-state index contributed by atoms with van der Waals surface area (Å²) in [7, 11) is 1.62. The number of rotatable bonds is 5. The minimum absolute atomic E-state index is 0.633. The highest BCUT2D eigenvalue weighted by atomic mass is 16.5. The summed E-state index contributed by atoms with van der Waals surface area (Å²) in [5.41, 5.74) is 1.94. The summed E-state index contributed by atoms with van der Waals surface area (Å²) >= 11 is 0. The number of aromatic nitrogens is 3. The first-order chi connectivity index (χ1) is 8.31. The van der Waals surface area contributed by atoms with E-state index >= 15 is 0 Å². The van der Waals surface area contributed by atoms with Gasteiger partial charge in [-0.25, -0.2) is 4.98 Å². The molecule has 2 heterocycles. The minimum atomic E-state index is 0.633. The van der Waals surface area contributed by atoms with E-state index in [9.17, 15) is 0 Å². The van der Waals surface area contributed by atoms with Gasteiger partial charge < -0.3 is 10.1 Å². The first-order valence-electron chi connectivity index (χ1n) is 5.58. The van der Waals surface area contributed by atoms with Crippen LogP contribution in [0.1, 0.15) is 12.6 Å². The number of aryl methyl sites for hydroxylation is 1. The zero-order valence-electron chi connectivity index (χ0n) is 10.1. The van der Waals surface area contributed by atoms with Crippen molar-refractivity contribution >= 4 is 5.69 Å². The predicted molar refractivity (Wildman–Crippen MR) is 66.0 cm³/mol. The van der Waals surface area contributed by atoms with Crippen LogP contribution >= 0.6 is 0 Å². The normalized spacial score (nSPS) is 10.2. The molecule has 0 aliphatic carbocycles. The van der Waals surface area contributed by atoms with Crippen molar-refractivity contribution in [1.82, 2.24) is 14.8 Å². The van der Waals surface area contributed by atoms with Crippen molar-refractivity contribution in [3.63, 3.8) is 0 Å². The van der Waals surface area contributed by atoms with Crippen molar-refractivity contribution in [2.45, 2.75) is 20.0 Å². The van der Waals surface area contributed by atoms with Crippen LogP contribution in [0.3, 0.4) is 0 Å². The van der Waals surface area contributed by atoms with E-state index in [1.165, 1.54) is 0 Å². The number of ether oxygens (including phenoxy) is 1. The van der Waals surface area contributed by atoms with E-state index in [0.29, 0.717) is 12.4 Å². The highest BCUT2D eigenvalue weighted by Crippen LogP contribution is 2.10. The lowest BCUT2D eigenvalue weighted by Gasteiger charge is -2.04. The van der Waals surface area contributed by atoms with Crippen LogP contribution in [0.15, 0.2) is 30.6 Å². The molecule has 1 N–H and O–H groups in total. The van der Waals surface area contributed by atoms with Crippen LogP contribution in [0.25, 0.3) is 0 Å². The quantitative estimate of drug-likeness (QED) is 0.855. The Kier molecular flexibility index (Phi) is 3.59. The molecule has 0 spiro atoms. The Balaban J connectivity index is 1.96. The third kappa shape index (κ3) is 2.96. The van der Waals surface area contributed by atoms with Gasteiger partial charge in [-0.2, -0.15) is 5.10 Å². The molecule has 0 aliphatic rings. The summed E-state index contributed by atoms with van der Waals surface area (Å²) in [6.45, 7) is 3.59. The number of methoxy groups -OCH3 is 1. The van der Waals surface area contributed by atoms with Crippen LogP contribution in [0, 0.1) is 0 Å². The average Bonchev–Trinajstić information content (AvgIpc) is 2.84. The van der Waals surface area contributed by atoms with Gasteiger partial charge in [0, 0.05) is 18.8 Å². The number of nitrogens with one attached hydrogen (secondary N) is 1. The van der Waals surface area contributed by atoms with E-state index in [4.69, 9.17) is 4.74 Å². The Labute approximate surface area is 100 Å². The molecule has 0 radical (unpaired) electrons. The molecule has 2 aromatic heterocycles. The Morgan fingerprint density at radius 2 is 2.29 bits per heavy atom. The maximum atomic E-state index is 5.07. The smallest absolute Gasteiger partial charge is 0.213 e. The molecule has 17 heavy (non-hydrogen) atoms. The molecule has 0 atom stereocenters. The van der Waals surface area contributed by atoms with Gasteiger partial charge in [0.15, 0.2) is 0 Å². The average molecular weight is 232 g/mol. The molecule has 0 fully saturated rings. The second-order valence-electron chi connectivity index (χ2n) is 3.61. The first kappa shape index (κ1) is 11.4. The molecule has 0 saturated carbocycles. The van der Waals surface area contributed by atoms with E-state index in [1.807, 2.05) is 35.3 Å². The minimum Gasteiger partial charge on any atom is -0.481 e. The highest BCUT2D eigenvalue weighted by molar-refractivity contribution is 5.38. The Morgan fingerprint density at radius 3 is 3.00 bits per heavy atom. The van der Waals surface area contributed by atoms with Crippen molar-refractivity contribution in [3.05, 3.63) is 36.3 Å². The van der Waals surface area contributed by atoms with E-state index in [0.717, 1.165) is 17.9 Å². The van der Waals surface area contributed by atoms with Gasteiger partial charge >= 0.3 is 0 Å². The Bertz CT molecular complexity index is 481. The van der Waals surface area contributed by atoms with Gasteiger partial charge in [-0.1, -0.05) is 6.07 Å². The van der Waals surface area contributed by atoms with Crippen molar-refractivity contribution in [2.24, 2.45) is 0 Å². The maximum Gasteiger partial charge on any atom is 0.213 e. The van der Waals surface area contributed by atoms with Crippen LogP contribution in [0.2, 0.25) is 0 Å². The topological polar surface area (TPSA) is 52.0 Å². The van der Waals surface area contributed by atoms with Crippen LogP contribution < -0.4 is 10.1 Å². The molecular formula is C12H16N4O. The molecule has 90 valence electrons. The van der Waals surface area contributed by atoms with Crippen LogP contribution in [-0.2, 0) is 13.1 Å². The van der Waals surface area contributed by atoms with E-state index in [1.54, 1.807) is 7.11 Å². The molecule has 2 rings (SSSR count). The predicted octanol–water partition coefficient (Wildman–Crippen LogP) is 1.92. The third-order valence-electron chi connectivity index (χ3n) is 2.42. The van der Waals surface area contributed by atoms with Crippen LogP contribution in [-0.4, -0.2) is 21.9 Å². The van der Waals surface area contributed by atoms with Gasteiger partial charge in [0.2, 0.25) is 5.88 Å². The van der Waals surface area contributed by atoms with Gasteiger partial charge in [0.25, 0.3) is 0 Å². The molecule has 0 aromatic carbocycles. The van der Waals surface area contributed by atoms with Gasteiger partial charge in [0.1, 0.15) is 0 Å². The summed E-state index contributed by atoms with van der Waals surface area (Å²) in [6.07, 6.45) is 3.78. The van der Waals surface area contributed by atoms with Crippen molar-refractivity contribution in [1.29, 1.82) is 0 Å². The van der Waals surface area contributed by atoms with Gasteiger partial charge in [-0.3, -0.25) is 4.68 Å². The Hall–Kier alpha value is -2.04. The number of nitrogens with zero attached hydrogens (tertiary/aromatic N) is 3. The molecule has 0 unspecified atom stereocenters. The van der Waals surface area contributed by atoms with Crippen molar-refractivity contribution in [2.75, 3.05) is 12.4 Å². The lowest BCUT2D eigenvalue weighted by atomic mass is 10.3. The summed E-state index contributed by atoms with van der Waals surface area (Å²) in [6, 6.07) is 5.72.